The van der Waals surface area contributed by atoms with Crippen LogP contribution in [0.15, 0.2) is 30.5 Å². The third-order valence-corrected chi connectivity index (χ3v) is 3.23. The van der Waals surface area contributed by atoms with Gasteiger partial charge in [0, 0.05) is 13.0 Å². The second-order valence-corrected chi connectivity index (χ2v) is 4.83. The molecule has 7 heteroatoms. The number of fused-ring (bicyclic) bond motifs is 1. The van der Waals surface area contributed by atoms with Crippen molar-refractivity contribution >= 4 is 16.9 Å². The van der Waals surface area contributed by atoms with E-state index >= 15 is 0 Å². The molecule has 0 radical (unpaired) electrons. The average Bonchev–Trinajstić information content (AvgIpc) is 3.05. The number of aromatic nitrogens is 5. The lowest BCUT2D eigenvalue weighted by Crippen LogP contribution is -2.30. The van der Waals surface area contributed by atoms with Gasteiger partial charge in [-0.2, -0.15) is 0 Å². The molecule has 108 valence electrons. The number of hydrogen-bond acceptors (Lipinski definition) is 4. The average molecular weight is 284 g/mol. The van der Waals surface area contributed by atoms with E-state index in [0.717, 1.165) is 22.6 Å². The van der Waals surface area contributed by atoms with Crippen molar-refractivity contribution in [3.8, 4) is 0 Å². The summed E-state index contributed by atoms with van der Waals surface area (Å²) in [5.41, 5.74) is 2.82. The maximum atomic E-state index is 11.8. The molecule has 0 fully saturated rings. The Morgan fingerprint density at radius 3 is 3.00 bits per heavy atom. The van der Waals surface area contributed by atoms with Gasteiger partial charge in [0.15, 0.2) is 0 Å². The molecule has 2 aromatic heterocycles. The monoisotopic (exact) mass is 284 g/mol. The Balaban J connectivity index is 1.51. The van der Waals surface area contributed by atoms with E-state index in [1.165, 1.54) is 0 Å². The van der Waals surface area contributed by atoms with Crippen molar-refractivity contribution in [3.63, 3.8) is 0 Å². The third-order valence-electron chi connectivity index (χ3n) is 3.23. The summed E-state index contributed by atoms with van der Waals surface area (Å²) < 4.78 is 1.57. The van der Waals surface area contributed by atoms with Crippen LogP contribution in [-0.4, -0.2) is 37.4 Å². The molecule has 0 spiro atoms. The van der Waals surface area contributed by atoms with E-state index in [1.54, 1.807) is 10.9 Å². The van der Waals surface area contributed by atoms with Gasteiger partial charge in [-0.3, -0.25) is 4.79 Å². The van der Waals surface area contributed by atoms with Gasteiger partial charge in [-0.1, -0.05) is 17.3 Å². The van der Waals surface area contributed by atoms with Crippen LogP contribution in [0.3, 0.4) is 0 Å². The summed E-state index contributed by atoms with van der Waals surface area (Å²) >= 11 is 0. The number of hydrogen-bond donors (Lipinski definition) is 2. The lowest BCUT2D eigenvalue weighted by molar-refractivity contribution is -0.121. The molecule has 2 N–H and O–H groups in total. The summed E-state index contributed by atoms with van der Waals surface area (Å²) in [5.74, 6) is 0.785. The summed E-state index contributed by atoms with van der Waals surface area (Å²) in [6.07, 6.45) is 2.29. The first-order valence-electron chi connectivity index (χ1n) is 6.78. The van der Waals surface area contributed by atoms with E-state index in [9.17, 15) is 4.79 Å². The fraction of sp³-hybridized carbons (Fsp3) is 0.286. The number of nitrogens with one attached hydrogen (secondary N) is 2. The maximum Gasteiger partial charge on any atom is 0.241 e. The van der Waals surface area contributed by atoms with E-state index < -0.39 is 0 Å². The Hall–Kier alpha value is -2.70. The van der Waals surface area contributed by atoms with Crippen LogP contribution in [0, 0.1) is 6.92 Å². The molecule has 0 unspecified atom stereocenters. The lowest BCUT2D eigenvalue weighted by Gasteiger charge is -2.04. The van der Waals surface area contributed by atoms with Crippen molar-refractivity contribution in [1.29, 1.82) is 0 Å². The predicted molar refractivity (Wildman–Crippen MR) is 77.6 cm³/mol. The number of H-pyrrole nitrogens is 1. The Bertz CT molecular complexity index is 727. The minimum absolute atomic E-state index is 0.0836. The molecule has 0 aliphatic heterocycles. The second-order valence-electron chi connectivity index (χ2n) is 4.83. The van der Waals surface area contributed by atoms with Crippen molar-refractivity contribution < 1.29 is 4.79 Å². The fourth-order valence-corrected chi connectivity index (χ4v) is 2.10. The number of imidazole rings is 1. The van der Waals surface area contributed by atoms with Crippen molar-refractivity contribution in [3.05, 3.63) is 42.0 Å². The quantitative estimate of drug-likeness (QED) is 0.726. The van der Waals surface area contributed by atoms with Gasteiger partial charge in [-0.25, -0.2) is 9.67 Å². The Morgan fingerprint density at radius 2 is 2.24 bits per heavy atom. The highest BCUT2D eigenvalue weighted by Crippen LogP contribution is 2.10. The van der Waals surface area contributed by atoms with Gasteiger partial charge < -0.3 is 10.3 Å². The van der Waals surface area contributed by atoms with Crippen molar-refractivity contribution in [2.45, 2.75) is 19.9 Å². The summed E-state index contributed by atoms with van der Waals surface area (Å²) in [6, 6.07) is 7.86. The number of aryl methyl sites for hydroxylation is 1. The van der Waals surface area contributed by atoms with Gasteiger partial charge >= 0.3 is 0 Å². The number of aromatic amines is 1. The largest absolute Gasteiger partial charge is 0.354 e. The van der Waals surface area contributed by atoms with Crippen LogP contribution in [0.2, 0.25) is 0 Å². The molecule has 0 atom stereocenters. The minimum atomic E-state index is -0.0836. The lowest BCUT2D eigenvalue weighted by atomic mass is 10.3. The van der Waals surface area contributed by atoms with Crippen LogP contribution in [0.25, 0.3) is 11.0 Å². The topological polar surface area (TPSA) is 88.5 Å². The number of para-hydroxylation sites is 2. The number of rotatable bonds is 5. The Kier molecular flexibility index (Phi) is 3.63. The molecular formula is C14H16N6O. The molecule has 21 heavy (non-hydrogen) atoms. The molecule has 3 aromatic rings. The van der Waals surface area contributed by atoms with E-state index in [0.29, 0.717) is 13.0 Å². The number of amides is 1. The standard InChI is InChI=1S/C14H16N6O/c1-10-8-16-19-20(10)9-14(21)15-7-6-13-17-11-4-2-3-5-12(11)18-13/h2-5,8H,6-7,9H2,1H3,(H,15,21)(H,17,18). The van der Waals surface area contributed by atoms with Crippen molar-refractivity contribution in [2.75, 3.05) is 6.54 Å². The van der Waals surface area contributed by atoms with Gasteiger partial charge in [-0.05, 0) is 19.1 Å². The van der Waals surface area contributed by atoms with Gasteiger partial charge in [-0.15, -0.1) is 5.10 Å². The van der Waals surface area contributed by atoms with E-state index in [1.807, 2.05) is 31.2 Å². The highest BCUT2D eigenvalue weighted by atomic mass is 16.2. The first-order chi connectivity index (χ1) is 10.2. The first-order valence-corrected chi connectivity index (χ1v) is 6.78. The number of carbonyl (C=O) groups is 1. The molecule has 0 saturated carbocycles. The summed E-state index contributed by atoms with van der Waals surface area (Å²) in [5, 5.41) is 10.4. The van der Waals surface area contributed by atoms with Crippen LogP contribution in [0.1, 0.15) is 11.5 Å². The van der Waals surface area contributed by atoms with Crippen LogP contribution >= 0.6 is 0 Å². The van der Waals surface area contributed by atoms with Crippen molar-refractivity contribution in [1.82, 2.24) is 30.3 Å². The Labute approximate surface area is 121 Å². The number of nitrogens with zero attached hydrogens (tertiary/aromatic N) is 4. The SMILES string of the molecule is Cc1cnnn1CC(=O)NCCc1nc2ccccc2[nH]1. The van der Waals surface area contributed by atoms with Crippen LogP contribution in [0.5, 0.6) is 0 Å². The molecule has 1 aromatic carbocycles. The molecule has 0 bridgehead atoms. The summed E-state index contributed by atoms with van der Waals surface area (Å²) in [6.45, 7) is 2.58. The van der Waals surface area contributed by atoms with Crippen LogP contribution < -0.4 is 5.32 Å². The molecule has 0 aliphatic carbocycles. The summed E-state index contributed by atoms with van der Waals surface area (Å²) in [4.78, 5) is 19.5. The number of carbonyl (C=O) groups excluding carboxylic acids is 1. The molecule has 0 saturated heterocycles. The predicted octanol–water partition coefficient (Wildman–Crippen LogP) is 0.822. The number of benzene rings is 1. The third kappa shape index (κ3) is 3.07. The van der Waals surface area contributed by atoms with Crippen molar-refractivity contribution in [2.24, 2.45) is 0 Å². The first kappa shape index (κ1) is 13.3. The van der Waals surface area contributed by atoms with E-state index in [2.05, 4.69) is 25.6 Å². The molecular weight excluding hydrogens is 268 g/mol. The normalized spacial score (nSPS) is 10.9. The minimum Gasteiger partial charge on any atom is -0.354 e. The van der Waals surface area contributed by atoms with Gasteiger partial charge in [0.05, 0.1) is 22.9 Å². The summed E-state index contributed by atoms with van der Waals surface area (Å²) in [7, 11) is 0. The molecule has 3 rings (SSSR count). The van der Waals surface area contributed by atoms with E-state index in [4.69, 9.17) is 0 Å². The molecule has 1 amide bonds. The highest BCUT2D eigenvalue weighted by molar-refractivity contribution is 5.76. The molecule has 7 nitrogen and oxygen atoms in total. The van der Waals surface area contributed by atoms with Gasteiger partial charge in [0.2, 0.25) is 5.91 Å². The van der Waals surface area contributed by atoms with Gasteiger partial charge in [0.25, 0.3) is 0 Å². The van der Waals surface area contributed by atoms with Gasteiger partial charge in [0.1, 0.15) is 12.4 Å². The maximum absolute atomic E-state index is 11.8. The smallest absolute Gasteiger partial charge is 0.241 e. The van der Waals surface area contributed by atoms with Crippen LogP contribution in [0.4, 0.5) is 0 Å². The fourth-order valence-electron chi connectivity index (χ4n) is 2.10. The van der Waals surface area contributed by atoms with Crippen LogP contribution in [-0.2, 0) is 17.8 Å². The zero-order valence-corrected chi connectivity index (χ0v) is 11.7. The molecule has 0 aliphatic rings. The van der Waals surface area contributed by atoms with E-state index in [-0.39, 0.29) is 12.5 Å². The Morgan fingerprint density at radius 1 is 1.38 bits per heavy atom. The second kappa shape index (κ2) is 5.74. The highest BCUT2D eigenvalue weighted by Gasteiger charge is 2.06. The zero-order chi connectivity index (χ0) is 14.7. The molecule has 2 heterocycles. The zero-order valence-electron chi connectivity index (χ0n) is 11.7.